The maximum atomic E-state index is 10.8. The van der Waals surface area contributed by atoms with Crippen molar-refractivity contribution in [3.05, 3.63) is 0 Å². The van der Waals surface area contributed by atoms with Crippen molar-refractivity contribution in [1.29, 1.82) is 0 Å². The largest absolute Gasteiger partial charge is 0.325 e. The van der Waals surface area contributed by atoms with Crippen molar-refractivity contribution in [1.82, 2.24) is 0 Å². The van der Waals surface area contributed by atoms with Gasteiger partial charge in [0, 0.05) is 6.04 Å². The third kappa shape index (κ3) is 3.08. The molecule has 0 spiro atoms. The lowest BCUT2D eigenvalue weighted by Gasteiger charge is -2.27. The summed E-state index contributed by atoms with van der Waals surface area (Å²) in [5.41, 5.74) is 5.70. The van der Waals surface area contributed by atoms with Crippen molar-refractivity contribution < 1.29 is 12.6 Å². The second-order valence-corrected chi connectivity index (χ2v) is 4.89. The summed E-state index contributed by atoms with van der Waals surface area (Å²) in [6, 6.07) is -0.117. The Morgan fingerprint density at radius 3 is 2.42 bits per heavy atom. The van der Waals surface area contributed by atoms with Gasteiger partial charge in [-0.1, -0.05) is 12.8 Å². The van der Waals surface area contributed by atoms with Gasteiger partial charge in [-0.25, -0.2) is 0 Å². The van der Waals surface area contributed by atoms with Gasteiger partial charge in [0.15, 0.2) is 0 Å². The minimum Gasteiger partial charge on any atom is -0.325 e. The van der Waals surface area contributed by atoms with Crippen LogP contribution in [-0.2, 0) is 14.3 Å². The lowest BCUT2D eigenvalue weighted by atomic mass is 9.94. The number of hydrogen-bond acceptors (Lipinski definition) is 4. The molecule has 0 aromatic heterocycles. The number of rotatable bonds is 2. The molecule has 1 unspecified atom stereocenters. The fraction of sp³-hybridized carbons (Fsp3) is 1.00. The van der Waals surface area contributed by atoms with Gasteiger partial charge >= 0.3 is 0 Å². The number of nitrogens with two attached hydrogens (primary N) is 1. The summed E-state index contributed by atoms with van der Waals surface area (Å²) < 4.78 is 26.4. The standard InChI is InChI=1S/C7H15NO3S/c1-12(9,10)11-7-5-3-2-4-6(7)8/h6-7H,2-5,8H2,1H3/t6?,7-/m0/s1. The van der Waals surface area contributed by atoms with E-state index in [1.54, 1.807) is 0 Å². The van der Waals surface area contributed by atoms with Crippen LogP contribution in [0.3, 0.4) is 0 Å². The Kier molecular flexibility index (Phi) is 3.09. The molecule has 0 radical (unpaired) electrons. The van der Waals surface area contributed by atoms with Crippen LogP contribution in [0.4, 0.5) is 0 Å². The molecule has 1 saturated carbocycles. The van der Waals surface area contributed by atoms with Crippen LogP contribution in [0.15, 0.2) is 0 Å². The maximum absolute atomic E-state index is 10.8. The molecular weight excluding hydrogens is 178 g/mol. The zero-order chi connectivity index (χ0) is 9.19. The van der Waals surface area contributed by atoms with Gasteiger partial charge < -0.3 is 5.73 Å². The minimum atomic E-state index is -3.34. The van der Waals surface area contributed by atoms with Crippen molar-refractivity contribution in [3.8, 4) is 0 Å². The molecule has 0 bridgehead atoms. The minimum absolute atomic E-state index is 0.117. The highest BCUT2D eigenvalue weighted by Gasteiger charge is 2.25. The lowest BCUT2D eigenvalue weighted by molar-refractivity contribution is 0.140. The molecule has 0 amide bonds. The van der Waals surface area contributed by atoms with Crippen LogP contribution < -0.4 is 5.73 Å². The van der Waals surface area contributed by atoms with Gasteiger partial charge in [0.05, 0.1) is 12.4 Å². The first-order valence-electron chi connectivity index (χ1n) is 4.13. The van der Waals surface area contributed by atoms with E-state index in [1.807, 2.05) is 0 Å². The van der Waals surface area contributed by atoms with Crippen molar-refractivity contribution in [2.24, 2.45) is 5.73 Å². The summed E-state index contributed by atoms with van der Waals surface area (Å²) in [4.78, 5) is 0. The Balaban J connectivity index is 2.50. The fourth-order valence-corrected chi connectivity index (χ4v) is 2.16. The molecule has 0 aromatic carbocycles. The van der Waals surface area contributed by atoms with Crippen LogP contribution in [-0.4, -0.2) is 26.8 Å². The molecule has 0 heterocycles. The highest BCUT2D eigenvalue weighted by Crippen LogP contribution is 2.20. The van der Waals surface area contributed by atoms with Crippen LogP contribution >= 0.6 is 0 Å². The van der Waals surface area contributed by atoms with Crippen LogP contribution in [0.1, 0.15) is 25.7 Å². The molecule has 0 saturated heterocycles. The monoisotopic (exact) mass is 193 g/mol. The smallest absolute Gasteiger partial charge is 0.264 e. The first-order chi connectivity index (χ1) is 5.49. The first kappa shape index (κ1) is 9.95. The summed E-state index contributed by atoms with van der Waals surface area (Å²) >= 11 is 0. The molecule has 5 heteroatoms. The summed E-state index contributed by atoms with van der Waals surface area (Å²) in [6.45, 7) is 0. The maximum Gasteiger partial charge on any atom is 0.264 e. The molecule has 1 aliphatic rings. The van der Waals surface area contributed by atoms with E-state index >= 15 is 0 Å². The van der Waals surface area contributed by atoms with E-state index in [9.17, 15) is 8.42 Å². The van der Waals surface area contributed by atoms with Gasteiger partial charge in [0.2, 0.25) is 0 Å². The molecule has 2 N–H and O–H groups in total. The van der Waals surface area contributed by atoms with Crippen molar-refractivity contribution in [3.63, 3.8) is 0 Å². The van der Waals surface area contributed by atoms with E-state index in [1.165, 1.54) is 0 Å². The zero-order valence-electron chi connectivity index (χ0n) is 7.19. The molecule has 12 heavy (non-hydrogen) atoms. The Morgan fingerprint density at radius 2 is 1.92 bits per heavy atom. The number of hydrogen-bond donors (Lipinski definition) is 1. The average molecular weight is 193 g/mol. The van der Waals surface area contributed by atoms with Gasteiger partial charge in [-0.3, -0.25) is 4.18 Å². The molecule has 1 rings (SSSR count). The van der Waals surface area contributed by atoms with E-state index in [2.05, 4.69) is 0 Å². The van der Waals surface area contributed by atoms with Gasteiger partial charge in [0.1, 0.15) is 0 Å². The van der Waals surface area contributed by atoms with Gasteiger partial charge in [-0.15, -0.1) is 0 Å². The van der Waals surface area contributed by atoms with Crippen LogP contribution in [0.25, 0.3) is 0 Å². The third-order valence-corrected chi connectivity index (χ3v) is 2.65. The van der Waals surface area contributed by atoms with Crippen LogP contribution in [0, 0.1) is 0 Å². The predicted octanol–water partition coefficient (Wildman–Crippen LogP) is 0.233. The molecule has 0 aliphatic heterocycles. The quantitative estimate of drug-likeness (QED) is 0.637. The van der Waals surface area contributed by atoms with Crippen molar-refractivity contribution >= 4 is 10.1 Å². The highest BCUT2D eigenvalue weighted by molar-refractivity contribution is 7.86. The summed E-state index contributed by atoms with van der Waals surface area (Å²) in [6.07, 6.45) is 4.47. The molecule has 72 valence electrons. The Morgan fingerprint density at radius 1 is 1.33 bits per heavy atom. The Bertz CT molecular complexity index is 237. The van der Waals surface area contributed by atoms with E-state index in [0.717, 1.165) is 31.9 Å². The van der Waals surface area contributed by atoms with Gasteiger partial charge in [-0.05, 0) is 12.8 Å². The van der Waals surface area contributed by atoms with E-state index in [-0.39, 0.29) is 12.1 Å². The molecule has 4 nitrogen and oxygen atoms in total. The van der Waals surface area contributed by atoms with E-state index in [0.29, 0.717) is 0 Å². The Labute approximate surface area is 73.2 Å². The SMILES string of the molecule is CS(=O)(=O)O[C@H]1CCCCC1N. The molecule has 1 fully saturated rings. The second-order valence-electron chi connectivity index (χ2n) is 3.29. The lowest BCUT2D eigenvalue weighted by Crippen LogP contribution is -2.40. The normalized spacial score (nSPS) is 31.8. The van der Waals surface area contributed by atoms with Crippen LogP contribution in [0.2, 0.25) is 0 Å². The summed E-state index contributed by atoms with van der Waals surface area (Å²) in [5.74, 6) is 0. The van der Waals surface area contributed by atoms with Gasteiger partial charge in [0.25, 0.3) is 10.1 Å². The average Bonchev–Trinajstić information content (AvgIpc) is 1.91. The molecule has 1 aliphatic carbocycles. The first-order valence-corrected chi connectivity index (χ1v) is 5.94. The van der Waals surface area contributed by atoms with E-state index in [4.69, 9.17) is 9.92 Å². The fourth-order valence-electron chi connectivity index (χ4n) is 1.47. The summed E-state index contributed by atoms with van der Waals surface area (Å²) in [7, 11) is -3.34. The van der Waals surface area contributed by atoms with Crippen molar-refractivity contribution in [2.45, 2.75) is 37.8 Å². The van der Waals surface area contributed by atoms with Gasteiger partial charge in [-0.2, -0.15) is 8.42 Å². The topological polar surface area (TPSA) is 69.4 Å². The molecular formula is C7H15NO3S. The zero-order valence-corrected chi connectivity index (χ0v) is 8.01. The van der Waals surface area contributed by atoms with Crippen LogP contribution in [0.5, 0.6) is 0 Å². The van der Waals surface area contributed by atoms with Crippen molar-refractivity contribution in [2.75, 3.05) is 6.26 Å². The van der Waals surface area contributed by atoms with E-state index < -0.39 is 10.1 Å². The molecule has 0 aromatic rings. The highest BCUT2D eigenvalue weighted by atomic mass is 32.2. The second kappa shape index (κ2) is 3.72. The summed E-state index contributed by atoms with van der Waals surface area (Å²) in [5, 5.41) is 0. The molecule has 2 atom stereocenters. The predicted molar refractivity (Wildman–Crippen MR) is 46.2 cm³/mol. The third-order valence-electron chi connectivity index (χ3n) is 2.05. The Hall–Kier alpha value is -0.130.